The molecule has 0 atom stereocenters. The highest BCUT2D eigenvalue weighted by molar-refractivity contribution is 7.90. The molecule has 21 heavy (non-hydrogen) atoms. The first kappa shape index (κ1) is 13.6. The number of H-pyrrole nitrogens is 1. The maximum atomic E-state index is 11.5. The second-order valence-corrected chi connectivity index (χ2v) is 6.72. The minimum atomic E-state index is -3.19. The Bertz CT molecular complexity index is 898. The van der Waals surface area contributed by atoms with Crippen molar-refractivity contribution in [3.63, 3.8) is 0 Å². The summed E-state index contributed by atoms with van der Waals surface area (Å²) in [6, 6.07) is 10.4. The number of anilines is 1. The first-order valence-electron chi connectivity index (χ1n) is 6.32. The zero-order valence-electron chi connectivity index (χ0n) is 11.6. The number of pyridine rings is 1. The van der Waals surface area contributed by atoms with E-state index in [9.17, 15) is 8.42 Å². The quantitative estimate of drug-likeness (QED) is 0.773. The van der Waals surface area contributed by atoms with Crippen molar-refractivity contribution in [2.24, 2.45) is 0 Å². The van der Waals surface area contributed by atoms with E-state index in [1.165, 1.54) is 6.26 Å². The molecule has 0 aliphatic carbocycles. The summed E-state index contributed by atoms with van der Waals surface area (Å²) in [4.78, 5) is 12.2. The summed E-state index contributed by atoms with van der Waals surface area (Å²) in [5, 5.41) is 2.96. The van der Waals surface area contributed by atoms with Gasteiger partial charge in [-0.1, -0.05) is 0 Å². The van der Waals surface area contributed by atoms with Crippen LogP contribution < -0.4 is 5.32 Å². The Morgan fingerprint density at radius 2 is 1.76 bits per heavy atom. The van der Waals surface area contributed by atoms with Crippen molar-refractivity contribution in [2.45, 2.75) is 4.90 Å². The zero-order chi connectivity index (χ0) is 15.0. The average molecular weight is 302 g/mol. The Hall–Kier alpha value is -2.41. The first-order chi connectivity index (χ1) is 9.97. The number of benzene rings is 1. The first-order valence-corrected chi connectivity index (χ1v) is 8.21. The maximum absolute atomic E-state index is 11.5. The Morgan fingerprint density at radius 1 is 1.05 bits per heavy atom. The minimum Gasteiger partial charge on any atom is -0.373 e. The lowest BCUT2D eigenvalue weighted by Gasteiger charge is -1.99. The van der Waals surface area contributed by atoms with Crippen molar-refractivity contribution in [3.05, 3.63) is 36.4 Å². The third-order valence-corrected chi connectivity index (χ3v) is 4.29. The molecule has 2 heterocycles. The third kappa shape index (κ3) is 2.59. The second kappa shape index (κ2) is 4.85. The van der Waals surface area contributed by atoms with E-state index in [0.29, 0.717) is 11.5 Å². The van der Waals surface area contributed by atoms with Gasteiger partial charge in [0, 0.05) is 18.9 Å². The van der Waals surface area contributed by atoms with Crippen molar-refractivity contribution in [1.82, 2.24) is 15.0 Å². The Morgan fingerprint density at radius 3 is 2.38 bits per heavy atom. The number of imidazole rings is 1. The van der Waals surface area contributed by atoms with Gasteiger partial charge in [0.2, 0.25) is 0 Å². The van der Waals surface area contributed by atoms with Crippen molar-refractivity contribution in [3.8, 4) is 11.4 Å². The molecular formula is C14H14N4O2S. The molecule has 0 spiro atoms. The SMILES string of the molecule is CNc1ccc2[nH]c(-c3ccc(S(C)(=O)=O)cc3)nc2n1. The van der Waals surface area contributed by atoms with Crippen LogP contribution in [-0.4, -0.2) is 36.7 Å². The molecule has 2 N–H and O–H groups in total. The van der Waals surface area contributed by atoms with Gasteiger partial charge in [0.15, 0.2) is 15.5 Å². The van der Waals surface area contributed by atoms with Crippen LogP contribution in [0.3, 0.4) is 0 Å². The van der Waals surface area contributed by atoms with Gasteiger partial charge in [-0.25, -0.2) is 18.4 Å². The van der Waals surface area contributed by atoms with E-state index >= 15 is 0 Å². The number of aromatic nitrogens is 3. The zero-order valence-corrected chi connectivity index (χ0v) is 12.4. The summed E-state index contributed by atoms with van der Waals surface area (Å²) in [6.45, 7) is 0. The molecule has 108 valence electrons. The van der Waals surface area contributed by atoms with Crippen molar-refractivity contribution in [2.75, 3.05) is 18.6 Å². The molecule has 0 saturated heterocycles. The van der Waals surface area contributed by atoms with Crippen molar-refractivity contribution in [1.29, 1.82) is 0 Å². The van der Waals surface area contributed by atoms with Crippen LogP contribution in [0.4, 0.5) is 5.82 Å². The fourth-order valence-corrected chi connectivity index (χ4v) is 2.66. The van der Waals surface area contributed by atoms with Gasteiger partial charge < -0.3 is 10.3 Å². The van der Waals surface area contributed by atoms with Gasteiger partial charge in [-0.2, -0.15) is 0 Å². The van der Waals surface area contributed by atoms with E-state index in [1.807, 2.05) is 12.1 Å². The number of hydrogen-bond acceptors (Lipinski definition) is 5. The highest BCUT2D eigenvalue weighted by Crippen LogP contribution is 2.22. The molecule has 3 aromatic rings. The van der Waals surface area contributed by atoms with Crippen LogP contribution >= 0.6 is 0 Å². The van der Waals surface area contributed by atoms with Crippen molar-refractivity contribution < 1.29 is 8.42 Å². The average Bonchev–Trinajstić information content (AvgIpc) is 2.89. The van der Waals surface area contributed by atoms with Crippen LogP contribution in [0.5, 0.6) is 0 Å². The minimum absolute atomic E-state index is 0.290. The summed E-state index contributed by atoms with van der Waals surface area (Å²) in [6.07, 6.45) is 1.19. The maximum Gasteiger partial charge on any atom is 0.180 e. The number of aromatic amines is 1. The van der Waals surface area contributed by atoms with Crippen LogP contribution in [-0.2, 0) is 9.84 Å². The van der Waals surface area contributed by atoms with E-state index in [1.54, 1.807) is 31.3 Å². The van der Waals surface area contributed by atoms with Gasteiger partial charge in [-0.05, 0) is 36.4 Å². The number of rotatable bonds is 3. The summed E-state index contributed by atoms with van der Waals surface area (Å²) in [5.74, 6) is 1.40. The number of hydrogen-bond donors (Lipinski definition) is 2. The molecule has 0 amide bonds. The standard InChI is InChI=1S/C14H14N4O2S/c1-15-12-8-7-11-14(17-12)18-13(16-11)9-3-5-10(6-4-9)21(2,19)20/h3-8H,1-2H3,(H2,15,16,17,18). The van der Waals surface area contributed by atoms with Gasteiger partial charge in [0.25, 0.3) is 0 Å². The van der Waals surface area contributed by atoms with Crippen molar-refractivity contribution >= 4 is 26.8 Å². The molecule has 0 unspecified atom stereocenters. The fraction of sp³-hybridized carbons (Fsp3) is 0.143. The second-order valence-electron chi connectivity index (χ2n) is 4.70. The molecule has 0 bridgehead atoms. The van der Waals surface area contributed by atoms with E-state index in [0.717, 1.165) is 16.9 Å². The van der Waals surface area contributed by atoms with E-state index in [4.69, 9.17) is 0 Å². The highest BCUT2D eigenvalue weighted by atomic mass is 32.2. The normalized spacial score (nSPS) is 11.7. The molecule has 7 heteroatoms. The number of nitrogens with one attached hydrogen (secondary N) is 2. The lowest BCUT2D eigenvalue weighted by Crippen LogP contribution is -1.96. The highest BCUT2D eigenvalue weighted by Gasteiger charge is 2.10. The summed E-state index contributed by atoms with van der Waals surface area (Å²) in [5.41, 5.74) is 2.26. The summed E-state index contributed by atoms with van der Waals surface area (Å²) < 4.78 is 22.9. The van der Waals surface area contributed by atoms with Crippen LogP contribution in [0, 0.1) is 0 Å². The lowest BCUT2D eigenvalue weighted by molar-refractivity contribution is 0.602. The molecule has 0 fully saturated rings. The largest absolute Gasteiger partial charge is 0.373 e. The fourth-order valence-electron chi connectivity index (χ4n) is 2.03. The number of nitrogens with zero attached hydrogens (tertiary/aromatic N) is 2. The van der Waals surface area contributed by atoms with Gasteiger partial charge in [0.05, 0.1) is 10.4 Å². The Kier molecular flexibility index (Phi) is 3.13. The summed E-state index contributed by atoms with van der Waals surface area (Å²) >= 11 is 0. The van der Waals surface area contributed by atoms with E-state index < -0.39 is 9.84 Å². The van der Waals surface area contributed by atoms with Gasteiger partial charge in [-0.3, -0.25) is 0 Å². The summed E-state index contributed by atoms with van der Waals surface area (Å²) in [7, 11) is -1.39. The van der Waals surface area contributed by atoms with Crippen LogP contribution in [0.15, 0.2) is 41.3 Å². The molecule has 6 nitrogen and oxygen atoms in total. The predicted molar refractivity (Wildman–Crippen MR) is 82.0 cm³/mol. The number of sulfone groups is 1. The smallest absolute Gasteiger partial charge is 0.180 e. The number of fused-ring (bicyclic) bond motifs is 1. The third-order valence-electron chi connectivity index (χ3n) is 3.16. The van der Waals surface area contributed by atoms with Gasteiger partial charge in [0.1, 0.15) is 11.6 Å². The van der Waals surface area contributed by atoms with Crippen LogP contribution in [0.25, 0.3) is 22.6 Å². The molecular weight excluding hydrogens is 288 g/mol. The Balaban J connectivity index is 2.04. The molecule has 2 aromatic heterocycles. The molecule has 1 aromatic carbocycles. The van der Waals surface area contributed by atoms with E-state index in [2.05, 4.69) is 20.3 Å². The van der Waals surface area contributed by atoms with Crippen LogP contribution in [0.1, 0.15) is 0 Å². The lowest BCUT2D eigenvalue weighted by atomic mass is 10.2. The predicted octanol–water partition coefficient (Wildman–Crippen LogP) is 2.07. The molecule has 0 aliphatic heterocycles. The van der Waals surface area contributed by atoms with Gasteiger partial charge in [-0.15, -0.1) is 0 Å². The molecule has 0 saturated carbocycles. The monoisotopic (exact) mass is 302 g/mol. The Labute approximate surface area is 122 Å². The van der Waals surface area contributed by atoms with E-state index in [-0.39, 0.29) is 4.90 Å². The molecule has 0 aliphatic rings. The molecule has 3 rings (SSSR count). The molecule has 0 radical (unpaired) electrons. The van der Waals surface area contributed by atoms with Crippen LogP contribution in [0.2, 0.25) is 0 Å². The topological polar surface area (TPSA) is 87.7 Å². The van der Waals surface area contributed by atoms with Gasteiger partial charge >= 0.3 is 0 Å².